The zero-order chi connectivity index (χ0) is 24.8. The molecule has 1 aromatic heterocycles. The molecule has 4 rings (SSSR count). The fraction of sp³-hybridized carbons (Fsp3) is 0.357. The Morgan fingerprint density at radius 3 is 2.69 bits per heavy atom. The molecule has 0 radical (unpaired) electrons. The van der Waals surface area contributed by atoms with Gasteiger partial charge in [-0.3, -0.25) is 9.59 Å². The van der Waals surface area contributed by atoms with Gasteiger partial charge in [-0.25, -0.2) is 4.39 Å². The fourth-order valence-electron chi connectivity index (χ4n) is 4.29. The number of halogens is 1. The number of thiophene rings is 1. The van der Waals surface area contributed by atoms with Crippen LogP contribution in [0.15, 0.2) is 66.0 Å². The highest BCUT2D eigenvalue weighted by Gasteiger charge is 2.33. The third-order valence-corrected chi connectivity index (χ3v) is 7.22. The van der Waals surface area contributed by atoms with Gasteiger partial charge in [0, 0.05) is 23.5 Å². The molecule has 184 valence electrons. The molecular formula is C28H31FN2O3S. The van der Waals surface area contributed by atoms with Gasteiger partial charge in [0.25, 0.3) is 5.91 Å². The van der Waals surface area contributed by atoms with Gasteiger partial charge in [-0.05, 0) is 66.1 Å². The quantitative estimate of drug-likeness (QED) is 0.390. The van der Waals surface area contributed by atoms with E-state index in [0.717, 1.165) is 24.2 Å². The molecule has 0 fully saturated rings. The molecular weight excluding hydrogens is 463 g/mol. The van der Waals surface area contributed by atoms with E-state index < -0.39 is 5.82 Å². The highest BCUT2D eigenvalue weighted by atomic mass is 32.1. The number of nitrogens with zero attached hydrogens (tertiary/aromatic N) is 2. The number of carbonyl (C=O) groups excluding carboxylic acids is 2. The number of carbonyl (C=O) groups is 2. The minimum Gasteiger partial charge on any atom is -0.491 e. The van der Waals surface area contributed by atoms with Crippen LogP contribution < -0.4 is 4.74 Å². The SMILES string of the molecule is CC(C)CCN(CC(=O)N1CCc2sccc2C1COc1ccccc1)C(=O)c1cccc(F)c1. The number of ether oxygens (including phenoxy) is 1. The zero-order valence-electron chi connectivity index (χ0n) is 20.2. The largest absolute Gasteiger partial charge is 0.491 e. The smallest absolute Gasteiger partial charge is 0.254 e. The number of amides is 2. The minimum atomic E-state index is -0.467. The number of rotatable bonds is 9. The molecule has 0 spiro atoms. The third kappa shape index (κ3) is 6.28. The van der Waals surface area contributed by atoms with Gasteiger partial charge in [0.05, 0.1) is 6.04 Å². The van der Waals surface area contributed by atoms with Gasteiger partial charge in [0.15, 0.2) is 0 Å². The van der Waals surface area contributed by atoms with Crippen molar-refractivity contribution in [1.82, 2.24) is 9.80 Å². The van der Waals surface area contributed by atoms with Crippen molar-refractivity contribution in [2.45, 2.75) is 32.7 Å². The maximum Gasteiger partial charge on any atom is 0.254 e. The summed E-state index contributed by atoms with van der Waals surface area (Å²) < 4.78 is 19.8. The van der Waals surface area contributed by atoms with Crippen LogP contribution in [-0.2, 0) is 11.2 Å². The van der Waals surface area contributed by atoms with E-state index in [9.17, 15) is 14.0 Å². The Labute approximate surface area is 210 Å². The lowest BCUT2D eigenvalue weighted by molar-refractivity contribution is -0.135. The Kier molecular flexibility index (Phi) is 8.18. The molecule has 0 aliphatic carbocycles. The molecule has 3 aromatic rings. The van der Waals surface area contributed by atoms with Gasteiger partial charge in [-0.2, -0.15) is 0 Å². The maximum atomic E-state index is 13.8. The third-order valence-electron chi connectivity index (χ3n) is 6.23. The predicted molar refractivity (Wildman–Crippen MR) is 136 cm³/mol. The summed E-state index contributed by atoms with van der Waals surface area (Å²) in [5, 5.41) is 2.05. The van der Waals surface area contributed by atoms with Gasteiger partial charge in [-0.15, -0.1) is 11.3 Å². The van der Waals surface area contributed by atoms with E-state index in [0.29, 0.717) is 25.6 Å². The van der Waals surface area contributed by atoms with Crippen molar-refractivity contribution in [2.24, 2.45) is 5.92 Å². The van der Waals surface area contributed by atoms with Gasteiger partial charge in [-0.1, -0.05) is 38.1 Å². The van der Waals surface area contributed by atoms with Crippen LogP contribution >= 0.6 is 11.3 Å². The molecule has 35 heavy (non-hydrogen) atoms. The molecule has 7 heteroatoms. The first-order valence-corrected chi connectivity index (χ1v) is 12.9. The summed E-state index contributed by atoms with van der Waals surface area (Å²) >= 11 is 1.70. The van der Waals surface area contributed by atoms with Crippen LogP contribution in [0.25, 0.3) is 0 Å². The summed E-state index contributed by atoms with van der Waals surface area (Å²) in [5.41, 5.74) is 1.36. The first-order chi connectivity index (χ1) is 16.9. The lowest BCUT2D eigenvalue weighted by Crippen LogP contribution is -2.48. The lowest BCUT2D eigenvalue weighted by atomic mass is 10.00. The molecule has 5 nitrogen and oxygen atoms in total. The zero-order valence-corrected chi connectivity index (χ0v) is 21.0. The van der Waals surface area contributed by atoms with Crippen LogP contribution in [0.1, 0.15) is 47.1 Å². The number of para-hydroxylation sites is 1. The van der Waals surface area contributed by atoms with Gasteiger partial charge in [0.2, 0.25) is 5.91 Å². The second-order valence-electron chi connectivity index (χ2n) is 9.20. The van der Waals surface area contributed by atoms with Crippen LogP contribution in [0.5, 0.6) is 5.75 Å². The first-order valence-electron chi connectivity index (χ1n) is 12.0. The number of fused-ring (bicyclic) bond motifs is 1. The molecule has 1 aliphatic heterocycles. The van der Waals surface area contributed by atoms with Crippen LogP contribution in [0.2, 0.25) is 0 Å². The molecule has 2 heterocycles. The summed E-state index contributed by atoms with van der Waals surface area (Å²) in [6, 6.07) is 17.0. The topological polar surface area (TPSA) is 49.9 Å². The Morgan fingerprint density at radius 1 is 1.14 bits per heavy atom. The molecule has 0 bridgehead atoms. The highest BCUT2D eigenvalue weighted by molar-refractivity contribution is 7.10. The normalized spacial score (nSPS) is 15.1. The Balaban J connectivity index is 1.53. The standard InChI is InChI=1S/C28H31FN2O3S/c1-20(2)11-14-30(28(33)21-7-6-8-22(29)17-21)18-27(32)31-15-12-26-24(13-16-35-26)25(31)19-34-23-9-4-3-5-10-23/h3-10,13,16-17,20,25H,11-12,14-15,18-19H2,1-2H3. The molecule has 2 amide bonds. The van der Waals surface area contributed by atoms with E-state index in [1.807, 2.05) is 35.2 Å². The Hall–Kier alpha value is -3.19. The van der Waals surface area contributed by atoms with Crippen LogP contribution in [0.3, 0.4) is 0 Å². The van der Waals surface area contributed by atoms with Crippen molar-refractivity contribution in [3.63, 3.8) is 0 Å². The monoisotopic (exact) mass is 494 g/mol. The van der Waals surface area contributed by atoms with E-state index in [4.69, 9.17) is 4.74 Å². The van der Waals surface area contributed by atoms with Crippen molar-refractivity contribution in [3.8, 4) is 5.75 Å². The summed E-state index contributed by atoms with van der Waals surface area (Å²) in [5.74, 6) is 0.191. The van der Waals surface area contributed by atoms with Crippen LogP contribution in [0, 0.1) is 11.7 Å². The van der Waals surface area contributed by atoms with E-state index in [1.54, 1.807) is 22.3 Å². The number of hydrogen-bond donors (Lipinski definition) is 0. The number of hydrogen-bond acceptors (Lipinski definition) is 4. The van der Waals surface area contributed by atoms with Crippen molar-refractivity contribution >= 4 is 23.2 Å². The van der Waals surface area contributed by atoms with Crippen molar-refractivity contribution < 1.29 is 18.7 Å². The van der Waals surface area contributed by atoms with E-state index in [-0.39, 0.29) is 30.0 Å². The molecule has 2 aromatic carbocycles. The average molecular weight is 495 g/mol. The van der Waals surface area contributed by atoms with E-state index in [1.165, 1.54) is 23.1 Å². The summed E-state index contributed by atoms with van der Waals surface area (Å²) in [7, 11) is 0. The van der Waals surface area contributed by atoms with Crippen molar-refractivity contribution in [1.29, 1.82) is 0 Å². The van der Waals surface area contributed by atoms with Gasteiger partial charge >= 0.3 is 0 Å². The average Bonchev–Trinajstić information content (AvgIpc) is 3.34. The molecule has 1 atom stereocenters. The van der Waals surface area contributed by atoms with Gasteiger partial charge < -0.3 is 14.5 Å². The molecule has 1 aliphatic rings. The minimum absolute atomic E-state index is 0.0522. The summed E-state index contributed by atoms with van der Waals surface area (Å²) in [6.45, 7) is 5.44. The van der Waals surface area contributed by atoms with E-state index in [2.05, 4.69) is 25.3 Å². The van der Waals surface area contributed by atoms with Crippen LogP contribution in [-0.4, -0.2) is 47.9 Å². The fourth-order valence-corrected chi connectivity index (χ4v) is 5.22. The van der Waals surface area contributed by atoms with Crippen molar-refractivity contribution in [2.75, 3.05) is 26.2 Å². The van der Waals surface area contributed by atoms with Crippen molar-refractivity contribution in [3.05, 3.63) is 87.9 Å². The van der Waals surface area contributed by atoms with E-state index >= 15 is 0 Å². The molecule has 1 unspecified atom stereocenters. The Morgan fingerprint density at radius 2 is 1.94 bits per heavy atom. The predicted octanol–water partition coefficient (Wildman–Crippen LogP) is 5.58. The Bertz CT molecular complexity index is 1150. The molecule has 0 N–H and O–H groups in total. The first kappa shape index (κ1) is 24.9. The number of benzene rings is 2. The molecule has 0 saturated carbocycles. The van der Waals surface area contributed by atoms with Crippen LogP contribution in [0.4, 0.5) is 4.39 Å². The highest BCUT2D eigenvalue weighted by Crippen LogP contribution is 2.34. The second-order valence-corrected chi connectivity index (χ2v) is 10.2. The molecule has 0 saturated heterocycles. The summed E-state index contributed by atoms with van der Waals surface area (Å²) in [6.07, 6.45) is 1.54. The lowest BCUT2D eigenvalue weighted by Gasteiger charge is -2.37. The summed E-state index contributed by atoms with van der Waals surface area (Å²) in [4.78, 5) is 31.5. The second kappa shape index (κ2) is 11.5. The van der Waals surface area contributed by atoms with Gasteiger partial charge in [0.1, 0.15) is 24.7 Å². The maximum absolute atomic E-state index is 13.8.